The number of aryl methyl sites for hydroxylation is 1. The fourth-order valence-electron chi connectivity index (χ4n) is 0.825. The molecule has 0 heterocycles. The highest BCUT2D eigenvalue weighted by Gasteiger charge is 1.97. The zero-order valence-corrected chi connectivity index (χ0v) is 9.28. The number of nitrogens with one attached hydrogen (secondary N) is 2. The van der Waals surface area contributed by atoms with Gasteiger partial charge in [-0.3, -0.25) is 4.55 Å². The second kappa shape index (κ2) is 4.71. The van der Waals surface area contributed by atoms with Gasteiger partial charge in [-0.15, -0.1) is 4.83 Å². The molecule has 0 aliphatic rings. The summed E-state index contributed by atoms with van der Waals surface area (Å²) in [5.41, 5.74) is 4.38. The molecule has 13 heavy (non-hydrogen) atoms. The van der Waals surface area contributed by atoms with Gasteiger partial charge in [0.2, 0.25) is 11.3 Å². The Morgan fingerprint density at radius 3 is 2.77 bits per heavy atom. The molecule has 0 aromatic heterocycles. The Bertz CT molecular complexity index is 332. The highest BCUT2D eigenvalue weighted by Crippen LogP contribution is 2.19. The van der Waals surface area contributed by atoms with Crippen LogP contribution in [0.5, 0.6) is 0 Å². The van der Waals surface area contributed by atoms with Gasteiger partial charge < -0.3 is 5.43 Å². The predicted octanol–water partition coefficient (Wildman–Crippen LogP) is 1.81. The van der Waals surface area contributed by atoms with Crippen LogP contribution in [0, 0.1) is 6.92 Å². The zero-order valence-electron chi connectivity index (χ0n) is 6.87. The van der Waals surface area contributed by atoms with Crippen LogP contribution >= 0.6 is 15.9 Å². The van der Waals surface area contributed by atoms with Crippen molar-refractivity contribution in [3.05, 3.63) is 28.2 Å². The van der Waals surface area contributed by atoms with Crippen LogP contribution in [0.2, 0.25) is 0 Å². The normalized spacial score (nSPS) is 12.5. The highest BCUT2D eigenvalue weighted by molar-refractivity contribution is 9.10. The number of benzene rings is 1. The molecule has 3 N–H and O–H groups in total. The minimum Gasteiger partial charge on any atom is -0.308 e. The summed E-state index contributed by atoms with van der Waals surface area (Å²) >= 11 is 1.30. The third-order valence-corrected chi connectivity index (χ3v) is 2.61. The van der Waals surface area contributed by atoms with E-state index in [9.17, 15) is 4.21 Å². The van der Waals surface area contributed by atoms with Gasteiger partial charge in [-0.25, -0.2) is 4.21 Å². The second-order valence-electron chi connectivity index (χ2n) is 2.44. The van der Waals surface area contributed by atoms with Crippen molar-refractivity contribution in [2.24, 2.45) is 0 Å². The topological polar surface area (TPSA) is 61.4 Å². The van der Waals surface area contributed by atoms with Gasteiger partial charge in [-0.2, -0.15) is 0 Å². The van der Waals surface area contributed by atoms with Gasteiger partial charge in [0.15, 0.2) is 0 Å². The molecular weight excluding hydrogens is 256 g/mol. The maximum atomic E-state index is 10.3. The van der Waals surface area contributed by atoms with E-state index < -0.39 is 11.3 Å². The molecule has 0 bridgehead atoms. The van der Waals surface area contributed by atoms with E-state index in [1.54, 1.807) is 6.07 Å². The highest BCUT2D eigenvalue weighted by atomic mass is 79.9. The van der Waals surface area contributed by atoms with E-state index in [4.69, 9.17) is 4.55 Å². The molecule has 0 aliphatic heterocycles. The smallest absolute Gasteiger partial charge is 0.250 e. The molecule has 1 atom stereocenters. The van der Waals surface area contributed by atoms with Crippen molar-refractivity contribution in [2.45, 2.75) is 6.92 Å². The van der Waals surface area contributed by atoms with Crippen molar-refractivity contribution in [2.75, 3.05) is 5.43 Å². The Morgan fingerprint density at radius 2 is 2.23 bits per heavy atom. The first-order valence-electron chi connectivity index (χ1n) is 3.48. The lowest BCUT2D eigenvalue weighted by molar-refractivity contribution is 0.555. The van der Waals surface area contributed by atoms with Crippen LogP contribution < -0.4 is 10.3 Å². The number of hydrogen-bond donors (Lipinski definition) is 3. The van der Waals surface area contributed by atoms with Crippen molar-refractivity contribution >= 4 is 32.9 Å². The van der Waals surface area contributed by atoms with Crippen LogP contribution in [0.15, 0.2) is 22.7 Å². The van der Waals surface area contributed by atoms with Crippen molar-refractivity contribution in [3.63, 3.8) is 0 Å². The first-order valence-corrected chi connectivity index (χ1v) is 5.38. The van der Waals surface area contributed by atoms with Gasteiger partial charge in [0.05, 0.1) is 5.69 Å². The van der Waals surface area contributed by atoms with E-state index in [0.29, 0.717) is 0 Å². The Balaban J connectivity index is 2.68. The fourth-order valence-corrected chi connectivity index (χ4v) is 1.28. The summed E-state index contributed by atoms with van der Waals surface area (Å²) in [6, 6.07) is 5.50. The standard InChI is InChI=1S/C7H9BrN2O2S/c1-5-4-6(2-3-7(5)8)9-10-13(11)12/h2-4,9-10H,1H3,(H,11,12). The van der Waals surface area contributed by atoms with E-state index in [0.717, 1.165) is 15.7 Å². The maximum absolute atomic E-state index is 10.3. The van der Waals surface area contributed by atoms with Gasteiger partial charge in [-0.1, -0.05) is 15.9 Å². The average molecular weight is 265 g/mol. The summed E-state index contributed by atoms with van der Waals surface area (Å²) in [6.45, 7) is 1.94. The molecule has 0 radical (unpaired) electrons. The van der Waals surface area contributed by atoms with E-state index in [2.05, 4.69) is 26.2 Å². The zero-order chi connectivity index (χ0) is 9.84. The molecule has 0 amide bonds. The van der Waals surface area contributed by atoms with Crippen LogP contribution in [0.1, 0.15) is 5.56 Å². The van der Waals surface area contributed by atoms with Crippen LogP contribution in [0.4, 0.5) is 5.69 Å². The lowest BCUT2D eigenvalue weighted by Gasteiger charge is -2.06. The molecule has 4 nitrogen and oxygen atoms in total. The first-order chi connectivity index (χ1) is 6.09. The summed E-state index contributed by atoms with van der Waals surface area (Å²) in [7, 11) is 0. The predicted molar refractivity (Wildman–Crippen MR) is 56.4 cm³/mol. The SMILES string of the molecule is Cc1cc(NNS(=O)O)ccc1Br. The summed E-state index contributed by atoms with van der Waals surface area (Å²) in [5, 5.41) is 0. The van der Waals surface area contributed by atoms with Crippen LogP contribution in [0.3, 0.4) is 0 Å². The molecule has 1 aromatic carbocycles. The van der Waals surface area contributed by atoms with E-state index >= 15 is 0 Å². The van der Waals surface area contributed by atoms with E-state index in [1.807, 2.05) is 19.1 Å². The lowest BCUT2D eigenvalue weighted by Crippen LogP contribution is -2.23. The largest absolute Gasteiger partial charge is 0.308 e. The minimum atomic E-state index is -2.05. The Kier molecular flexibility index (Phi) is 3.86. The quantitative estimate of drug-likeness (QED) is 0.577. The number of hydrogen-bond acceptors (Lipinski definition) is 2. The maximum Gasteiger partial charge on any atom is 0.250 e. The number of rotatable bonds is 3. The van der Waals surface area contributed by atoms with Crippen molar-refractivity contribution < 1.29 is 8.76 Å². The Morgan fingerprint density at radius 1 is 1.54 bits per heavy atom. The van der Waals surface area contributed by atoms with Gasteiger partial charge in [0, 0.05) is 4.47 Å². The molecule has 0 saturated heterocycles. The Labute approximate surface area is 87.2 Å². The molecule has 0 spiro atoms. The van der Waals surface area contributed by atoms with Gasteiger partial charge in [0.1, 0.15) is 0 Å². The number of hydrazine groups is 1. The third kappa shape index (κ3) is 3.43. The van der Waals surface area contributed by atoms with Gasteiger partial charge in [0.25, 0.3) is 0 Å². The third-order valence-electron chi connectivity index (χ3n) is 1.44. The van der Waals surface area contributed by atoms with Gasteiger partial charge in [-0.05, 0) is 30.7 Å². The molecule has 6 heteroatoms. The Hall–Kier alpha value is -0.430. The summed E-state index contributed by atoms with van der Waals surface area (Å²) in [5.74, 6) is 0. The molecule has 0 aliphatic carbocycles. The fraction of sp³-hybridized carbons (Fsp3) is 0.143. The van der Waals surface area contributed by atoms with Crippen molar-refractivity contribution in [1.82, 2.24) is 4.83 Å². The molecule has 1 aromatic rings. The monoisotopic (exact) mass is 264 g/mol. The first kappa shape index (κ1) is 10.6. The molecule has 1 unspecified atom stereocenters. The van der Waals surface area contributed by atoms with Crippen LogP contribution in [-0.4, -0.2) is 8.76 Å². The number of halogens is 1. The second-order valence-corrected chi connectivity index (χ2v) is 4.00. The van der Waals surface area contributed by atoms with Gasteiger partial charge >= 0.3 is 0 Å². The lowest BCUT2D eigenvalue weighted by atomic mass is 10.2. The van der Waals surface area contributed by atoms with Crippen molar-refractivity contribution in [3.8, 4) is 0 Å². The molecule has 0 fully saturated rings. The van der Waals surface area contributed by atoms with Crippen molar-refractivity contribution in [1.29, 1.82) is 0 Å². The van der Waals surface area contributed by atoms with Crippen LogP contribution in [0.25, 0.3) is 0 Å². The molecule has 0 saturated carbocycles. The molecule has 1 rings (SSSR count). The average Bonchev–Trinajstić information content (AvgIpc) is 2.07. The molecule has 72 valence electrons. The summed E-state index contributed by atoms with van der Waals surface area (Å²) in [4.78, 5) is 2.17. The minimum absolute atomic E-state index is 0.739. The summed E-state index contributed by atoms with van der Waals surface area (Å²) in [6.07, 6.45) is 0. The summed E-state index contributed by atoms with van der Waals surface area (Å²) < 4.78 is 19.7. The van der Waals surface area contributed by atoms with E-state index in [1.165, 1.54) is 0 Å². The molecular formula is C7H9BrN2O2S. The number of anilines is 1. The van der Waals surface area contributed by atoms with E-state index in [-0.39, 0.29) is 0 Å². The van der Waals surface area contributed by atoms with Crippen LogP contribution in [-0.2, 0) is 11.3 Å².